The van der Waals surface area contributed by atoms with Gasteiger partial charge in [-0.15, -0.1) is 0 Å². The SMILES string of the molecule is Cc1c(-c2ccncc2)nc(NCC(N)CC(C)C)n(C)c1=O. The molecule has 1 unspecified atom stereocenters. The van der Waals surface area contributed by atoms with Crippen LogP contribution in [-0.2, 0) is 7.05 Å². The number of aromatic nitrogens is 3. The number of pyridine rings is 1. The zero-order valence-electron chi connectivity index (χ0n) is 14.2. The van der Waals surface area contributed by atoms with Crippen molar-refractivity contribution < 1.29 is 0 Å². The summed E-state index contributed by atoms with van der Waals surface area (Å²) in [5, 5.41) is 3.21. The van der Waals surface area contributed by atoms with Crippen LogP contribution in [0.5, 0.6) is 0 Å². The van der Waals surface area contributed by atoms with Crippen LogP contribution in [-0.4, -0.2) is 27.1 Å². The second-order valence-electron chi connectivity index (χ2n) is 6.28. The molecule has 0 saturated heterocycles. The Labute approximate surface area is 136 Å². The lowest BCUT2D eigenvalue weighted by Gasteiger charge is -2.18. The van der Waals surface area contributed by atoms with Gasteiger partial charge < -0.3 is 11.1 Å². The minimum atomic E-state index is -0.0632. The minimum Gasteiger partial charge on any atom is -0.354 e. The van der Waals surface area contributed by atoms with Gasteiger partial charge in [-0.3, -0.25) is 14.3 Å². The zero-order valence-corrected chi connectivity index (χ0v) is 14.2. The van der Waals surface area contributed by atoms with E-state index in [4.69, 9.17) is 5.73 Å². The highest BCUT2D eigenvalue weighted by Crippen LogP contribution is 2.19. The van der Waals surface area contributed by atoms with Crippen LogP contribution >= 0.6 is 0 Å². The molecule has 6 nitrogen and oxygen atoms in total. The number of hydrogen-bond acceptors (Lipinski definition) is 5. The van der Waals surface area contributed by atoms with Gasteiger partial charge >= 0.3 is 0 Å². The van der Waals surface area contributed by atoms with Gasteiger partial charge in [-0.2, -0.15) is 0 Å². The van der Waals surface area contributed by atoms with Crippen LogP contribution in [0.3, 0.4) is 0 Å². The van der Waals surface area contributed by atoms with E-state index in [-0.39, 0.29) is 11.6 Å². The summed E-state index contributed by atoms with van der Waals surface area (Å²) in [6, 6.07) is 3.73. The highest BCUT2D eigenvalue weighted by Gasteiger charge is 2.14. The van der Waals surface area contributed by atoms with Crippen LogP contribution in [0.1, 0.15) is 25.8 Å². The lowest BCUT2D eigenvalue weighted by atomic mass is 10.0. The normalized spacial score (nSPS) is 12.4. The second-order valence-corrected chi connectivity index (χ2v) is 6.28. The number of hydrogen-bond donors (Lipinski definition) is 2. The van der Waals surface area contributed by atoms with Crippen molar-refractivity contribution in [2.75, 3.05) is 11.9 Å². The fourth-order valence-electron chi connectivity index (χ4n) is 2.57. The maximum atomic E-state index is 12.4. The third-order valence-corrected chi connectivity index (χ3v) is 3.77. The Bertz CT molecular complexity index is 709. The Kier molecular flexibility index (Phi) is 5.50. The molecule has 0 spiro atoms. The summed E-state index contributed by atoms with van der Waals surface area (Å²) in [6.07, 6.45) is 4.31. The maximum absolute atomic E-state index is 12.4. The Morgan fingerprint density at radius 1 is 1.30 bits per heavy atom. The van der Waals surface area contributed by atoms with Crippen LogP contribution in [0, 0.1) is 12.8 Å². The lowest BCUT2D eigenvalue weighted by Crippen LogP contribution is -2.33. The Morgan fingerprint density at radius 2 is 1.96 bits per heavy atom. The van der Waals surface area contributed by atoms with E-state index < -0.39 is 0 Å². The fraction of sp³-hybridized carbons (Fsp3) is 0.471. The van der Waals surface area contributed by atoms with Crippen molar-refractivity contribution in [3.8, 4) is 11.3 Å². The monoisotopic (exact) mass is 315 g/mol. The highest BCUT2D eigenvalue weighted by atomic mass is 16.1. The molecule has 2 aromatic rings. The third-order valence-electron chi connectivity index (χ3n) is 3.77. The summed E-state index contributed by atoms with van der Waals surface area (Å²) in [6.45, 7) is 6.65. The van der Waals surface area contributed by atoms with Crippen LogP contribution in [0.2, 0.25) is 0 Å². The summed E-state index contributed by atoms with van der Waals surface area (Å²) in [5.74, 6) is 1.07. The summed E-state index contributed by atoms with van der Waals surface area (Å²) < 4.78 is 1.53. The smallest absolute Gasteiger partial charge is 0.258 e. The molecule has 0 aliphatic rings. The molecule has 2 rings (SSSR count). The van der Waals surface area contributed by atoms with Gasteiger partial charge in [0.15, 0.2) is 0 Å². The second kappa shape index (κ2) is 7.37. The Balaban J connectivity index is 2.30. The summed E-state index contributed by atoms with van der Waals surface area (Å²) >= 11 is 0. The molecular formula is C17H25N5O. The van der Waals surface area contributed by atoms with Crippen molar-refractivity contribution in [1.82, 2.24) is 14.5 Å². The number of anilines is 1. The molecule has 2 aromatic heterocycles. The molecule has 6 heteroatoms. The van der Waals surface area contributed by atoms with Crippen molar-refractivity contribution in [3.63, 3.8) is 0 Å². The highest BCUT2D eigenvalue weighted by molar-refractivity contribution is 5.63. The molecule has 0 fully saturated rings. The Morgan fingerprint density at radius 3 is 2.57 bits per heavy atom. The number of nitrogens with two attached hydrogens (primary N) is 1. The molecule has 23 heavy (non-hydrogen) atoms. The molecule has 0 aliphatic heterocycles. The van der Waals surface area contributed by atoms with E-state index in [0.29, 0.717) is 29.7 Å². The zero-order chi connectivity index (χ0) is 17.0. The van der Waals surface area contributed by atoms with Gasteiger partial charge in [-0.25, -0.2) is 4.98 Å². The van der Waals surface area contributed by atoms with Crippen LogP contribution < -0.4 is 16.6 Å². The van der Waals surface area contributed by atoms with Crippen molar-refractivity contribution in [3.05, 3.63) is 40.4 Å². The van der Waals surface area contributed by atoms with Gasteiger partial charge in [-0.1, -0.05) is 13.8 Å². The largest absolute Gasteiger partial charge is 0.354 e. The summed E-state index contributed by atoms with van der Waals surface area (Å²) in [7, 11) is 1.72. The van der Waals surface area contributed by atoms with E-state index in [1.165, 1.54) is 4.57 Å². The van der Waals surface area contributed by atoms with Gasteiger partial charge in [0.1, 0.15) is 0 Å². The first-order chi connectivity index (χ1) is 10.9. The van der Waals surface area contributed by atoms with Crippen molar-refractivity contribution in [1.29, 1.82) is 0 Å². The first-order valence-corrected chi connectivity index (χ1v) is 7.87. The first-order valence-electron chi connectivity index (χ1n) is 7.87. The predicted molar refractivity (Wildman–Crippen MR) is 93.4 cm³/mol. The standard InChI is InChI=1S/C17H25N5O/c1-11(2)9-14(18)10-20-17-21-15(12(3)16(23)22(17)4)13-5-7-19-8-6-13/h5-8,11,14H,9-10,18H2,1-4H3,(H,20,21). The topological polar surface area (TPSA) is 85.8 Å². The van der Waals surface area contributed by atoms with Crippen molar-refractivity contribution >= 4 is 5.95 Å². The molecule has 2 heterocycles. The van der Waals surface area contributed by atoms with E-state index in [1.807, 2.05) is 12.1 Å². The van der Waals surface area contributed by atoms with E-state index >= 15 is 0 Å². The van der Waals surface area contributed by atoms with E-state index in [0.717, 1.165) is 12.0 Å². The van der Waals surface area contributed by atoms with Gasteiger partial charge in [0, 0.05) is 43.2 Å². The molecule has 124 valence electrons. The maximum Gasteiger partial charge on any atom is 0.258 e. The molecule has 0 amide bonds. The molecule has 0 bridgehead atoms. The number of nitrogens with one attached hydrogen (secondary N) is 1. The molecule has 0 radical (unpaired) electrons. The average molecular weight is 315 g/mol. The fourth-order valence-corrected chi connectivity index (χ4v) is 2.57. The number of rotatable bonds is 6. The molecule has 0 saturated carbocycles. The van der Waals surface area contributed by atoms with Crippen LogP contribution in [0.15, 0.2) is 29.3 Å². The molecule has 1 atom stereocenters. The molecule has 3 N–H and O–H groups in total. The van der Waals surface area contributed by atoms with E-state index in [9.17, 15) is 4.79 Å². The van der Waals surface area contributed by atoms with Gasteiger partial charge in [0.05, 0.1) is 5.69 Å². The quantitative estimate of drug-likeness (QED) is 0.851. The predicted octanol–water partition coefficient (Wildman–Crippen LogP) is 1.94. The molecular weight excluding hydrogens is 290 g/mol. The first kappa shape index (κ1) is 17.1. The Hall–Kier alpha value is -2.21. The number of nitrogens with zero attached hydrogens (tertiary/aromatic N) is 3. The average Bonchev–Trinajstić information content (AvgIpc) is 2.52. The van der Waals surface area contributed by atoms with Gasteiger partial charge in [-0.05, 0) is 31.4 Å². The minimum absolute atomic E-state index is 0.0255. The van der Waals surface area contributed by atoms with E-state index in [2.05, 4.69) is 29.1 Å². The summed E-state index contributed by atoms with van der Waals surface area (Å²) in [4.78, 5) is 21.1. The van der Waals surface area contributed by atoms with Gasteiger partial charge in [0.2, 0.25) is 5.95 Å². The van der Waals surface area contributed by atoms with E-state index in [1.54, 1.807) is 26.4 Å². The van der Waals surface area contributed by atoms with Crippen molar-refractivity contribution in [2.24, 2.45) is 18.7 Å². The van der Waals surface area contributed by atoms with Crippen LogP contribution in [0.25, 0.3) is 11.3 Å². The lowest BCUT2D eigenvalue weighted by molar-refractivity contribution is 0.507. The van der Waals surface area contributed by atoms with Gasteiger partial charge in [0.25, 0.3) is 5.56 Å². The molecule has 0 aromatic carbocycles. The van der Waals surface area contributed by atoms with Crippen LogP contribution in [0.4, 0.5) is 5.95 Å². The molecule has 0 aliphatic carbocycles. The van der Waals surface area contributed by atoms with Crippen molar-refractivity contribution in [2.45, 2.75) is 33.2 Å². The third kappa shape index (κ3) is 4.16. The summed E-state index contributed by atoms with van der Waals surface area (Å²) in [5.41, 5.74) is 8.22.